The van der Waals surface area contributed by atoms with E-state index in [0.717, 1.165) is 0 Å². The van der Waals surface area contributed by atoms with Gasteiger partial charge in [0.2, 0.25) is 0 Å². The number of carboxylic acids is 2. The first kappa shape index (κ1) is 18.5. The van der Waals surface area contributed by atoms with Crippen LogP contribution in [0.3, 0.4) is 0 Å². The van der Waals surface area contributed by atoms with Gasteiger partial charge in [-0.3, -0.25) is 0 Å². The third kappa shape index (κ3) is 17.0. The topological polar surface area (TPSA) is 80.3 Å². The van der Waals surface area contributed by atoms with Gasteiger partial charge in [0.15, 0.2) is 0 Å². The molecule has 0 unspecified atom stereocenters. The molecule has 0 fully saturated rings. The van der Waals surface area contributed by atoms with Crippen molar-refractivity contribution in [3.8, 4) is 0 Å². The summed E-state index contributed by atoms with van der Waals surface area (Å²) in [5.41, 5.74) is 0. The van der Waals surface area contributed by atoms with Crippen LogP contribution in [0.2, 0.25) is 0 Å². The quantitative estimate of drug-likeness (QED) is 0.446. The summed E-state index contributed by atoms with van der Waals surface area (Å²) < 4.78 is 0. The number of carbonyl (C=O) groups excluding carboxylic acids is 2. The molecule has 0 aromatic carbocycles. The first-order chi connectivity index (χ1) is 3.63. The van der Waals surface area contributed by atoms with E-state index in [9.17, 15) is 19.8 Å². The van der Waals surface area contributed by atoms with Crippen LogP contribution in [0, 0.1) is 0 Å². The Kier molecular flexibility index (Phi) is 21.9. The average Bonchev–Trinajstić information content (AvgIpc) is 1.61. The summed E-state index contributed by atoms with van der Waals surface area (Å²) >= 11 is 0. The minimum atomic E-state index is -1.55. The fraction of sp³-hybridized carbons (Fsp3) is 0. The van der Waals surface area contributed by atoms with E-state index >= 15 is 0 Å². The maximum absolute atomic E-state index is 9.41. The van der Waals surface area contributed by atoms with Crippen molar-refractivity contribution in [2.75, 3.05) is 0 Å². The smallest absolute Gasteiger partial charge is 0.545 e. The molecule has 0 aliphatic carbocycles. The van der Waals surface area contributed by atoms with Gasteiger partial charge in [-0.15, -0.1) is 0 Å². The normalized spacial score (nSPS) is 7.60. The minimum Gasteiger partial charge on any atom is -0.545 e. The first-order valence-electron chi connectivity index (χ1n) is 1.73. The van der Waals surface area contributed by atoms with Crippen LogP contribution in [0.15, 0.2) is 12.2 Å². The molecule has 0 bridgehead atoms. The van der Waals surface area contributed by atoms with Gasteiger partial charge in [-0.2, -0.15) is 0 Å². The Morgan fingerprint density at radius 3 is 1.20 bits per heavy atom. The van der Waals surface area contributed by atoms with E-state index in [1.54, 1.807) is 0 Å². The summed E-state index contributed by atoms with van der Waals surface area (Å²) in [5.74, 6) is -3.09. The molecular formula is C4H2Cs2O4. The van der Waals surface area contributed by atoms with E-state index < -0.39 is 11.9 Å². The van der Waals surface area contributed by atoms with Crippen LogP contribution in [-0.4, -0.2) is 11.9 Å². The predicted octanol–water partition coefficient (Wildman–Crippen LogP) is -8.95. The Balaban J connectivity index is -0.000000245. The molecule has 0 aromatic heterocycles. The van der Waals surface area contributed by atoms with Crippen molar-refractivity contribution < 1.29 is 158 Å². The molecule has 0 heterocycles. The van der Waals surface area contributed by atoms with Crippen LogP contribution < -0.4 is 148 Å². The van der Waals surface area contributed by atoms with E-state index in [4.69, 9.17) is 0 Å². The summed E-state index contributed by atoms with van der Waals surface area (Å²) in [5, 5.41) is 18.8. The summed E-state index contributed by atoms with van der Waals surface area (Å²) in [4.78, 5) is 18.8. The molecule has 4 nitrogen and oxygen atoms in total. The van der Waals surface area contributed by atoms with E-state index in [0.29, 0.717) is 12.2 Å². The Bertz CT molecular complexity index is 126. The maximum Gasteiger partial charge on any atom is 1.00 e. The van der Waals surface area contributed by atoms with Gasteiger partial charge in [0, 0.05) is 0 Å². The largest absolute Gasteiger partial charge is 1.00 e. The second-order valence-corrected chi connectivity index (χ2v) is 0.971. The van der Waals surface area contributed by atoms with Gasteiger partial charge in [-0.05, 0) is 12.2 Å². The Morgan fingerprint density at radius 2 is 1.10 bits per heavy atom. The third-order valence-corrected chi connectivity index (χ3v) is 0.355. The molecule has 0 saturated heterocycles. The van der Waals surface area contributed by atoms with Gasteiger partial charge < -0.3 is 19.8 Å². The number of hydrogen-bond acceptors (Lipinski definition) is 4. The second-order valence-electron chi connectivity index (χ2n) is 0.971. The number of carboxylic acid groups (broad SMARTS) is 2. The zero-order chi connectivity index (χ0) is 6.57. The molecule has 0 aliphatic heterocycles. The van der Waals surface area contributed by atoms with E-state index in [1.165, 1.54) is 0 Å². The fourth-order valence-electron chi connectivity index (χ4n) is 0.136. The number of hydrogen-bond donors (Lipinski definition) is 0. The minimum absolute atomic E-state index is 0. The van der Waals surface area contributed by atoms with E-state index in [1.807, 2.05) is 0 Å². The summed E-state index contributed by atoms with van der Waals surface area (Å²) in [6, 6.07) is 0. The van der Waals surface area contributed by atoms with Gasteiger partial charge in [0.05, 0.1) is 11.9 Å². The van der Waals surface area contributed by atoms with Crippen LogP contribution in [0.25, 0.3) is 0 Å². The molecule has 0 amide bonds. The molecule has 0 spiro atoms. The van der Waals surface area contributed by atoms with Gasteiger partial charge in [-0.1, -0.05) is 0 Å². The molecular weight excluding hydrogens is 378 g/mol. The molecule has 0 aliphatic rings. The van der Waals surface area contributed by atoms with Crippen LogP contribution in [-0.2, 0) is 9.59 Å². The molecule has 0 N–H and O–H groups in total. The Morgan fingerprint density at radius 1 is 0.900 bits per heavy atom. The standard InChI is InChI=1S/C4H4O4.2Cs/c5-3(6)1-2-4(7)8;;/h1-2H,(H,5,6)(H,7,8);;/q;2*+1/p-2. The molecule has 0 radical (unpaired) electrons. The van der Waals surface area contributed by atoms with Crippen LogP contribution in [0.5, 0.6) is 0 Å². The number of rotatable bonds is 2. The monoisotopic (exact) mass is 380 g/mol. The molecule has 10 heavy (non-hydrogen) atoms. The predicted molar refractivity (Wildman–Crippen MR) is 19.2 cm³/mol. The molecule has 0 rings (SSSR count). The van der Waals surface area contributed by atoms with Crippen molar-refractivity contribution in [1.29, 1.82) is 0 Å². The number of aliphatic carboxylic acids is 2. The second kappa shape index (κ2) is 11.8. The van der Waals surface area contributed by atoms with Gasteiger partial charge in [0.25, 0.3) is 0 Å². The van der Waals surface area contributed by atoms with Crippen LogP contribution in [0.4, 0.5) is 0 Å². The Labute approximate surface area is 176 Å². The van der Waals surface area contributed by atoms with Crippen molar-refractivity contribution in [3.05, 3.63) is 12.2 Å². The summed E-state index contributed by atoms with van der Waals surface area (Å²) in [6.45, 7) is 0. The molecule has 0 aromatic rings. The van der Waals surface area contributed by atoms with Gasteiger partial charge in [-0.25, -0.2) is 0 Å². The molecule has 0 atom stereocenters. The van der Waals surface area contributed by atoms with E-state index in [-0.39, 0.29) is 138 Å². The maximum atomic E-state index is 9.41. The van der Waals surface area contributed by atoms with Crippen molar-refractivity contribution >= 4 is 11.9 Å². The first-order valence-corrected chi connectivity index (χ1v) is 1.73. The molecule has 44 valence electrons. The van der Waals surface area contributed by atoms with Crippen LogP contribution >= 0.6 is 0 Å². The van der Waals surface area contributed by atoms with E-state index in [2.05, 4.69) is 0 Å². The zero-order valence-electron chi connectivity index (χ0n) is 5.79. The van der Waals surface area contributed by atoms with Crippen molar-refractivity contribution in [1.82, 2.24) is 0 Å². The summed E-state index contributed by atoms with van der Waals surface area (Å²) in [7, 11) is 0. The fourth-order valence-corrected chi connectivity index (χ4v) is 0.136. The van der Waals surface area contributed by atoms with Crippen molar-refractivity contribution in [2.45, 2.75) is 0 Å². The molecule has 6 heteroatoms. The van der Waals surface area contributed by atoms with Crippen LogP contribution in [0.1, 0.15) is 0 Å². The molecule has 0 saturated carbocycles. The van der Waals surface area contributed by atoms with Gasteiger partial charge >= 0.3 is 138 Å². The summed E-state index contributed by atoms with van der Waals surface area (Å²) in [6.07, 6.45) is 0.769. The van der Waals surface area contributed by atoms with Gasteiger partial charge in [0.1, 0.15) is 0 Å². The van der Waals surface area contributed by atoms with Crippen molar-refractivity contribution in [2.24, 2.45) is 0 Å². The SMILES string of the molecule is O=C([O-])C=CC(=O)[O-].[Cs+].[Cs+]. The average molecular weight is 380 g/mol. The third-order valence-electron chi connectivity index (χ3n) is 0.355. The zero-order valence-corrected chi connectivity index (χ0v) is 18.3. The Hall–Kier alpha value is 2.78. The number of carbonyl (C=O) groups is 2. The van der Waals surface area contributed by atoms with Crippen molar-refractivity contribution in [3.63, 3.8) is 0 Å².